The van der Waals surface area contributed by atoms with Gasteiger partial charge in [-0.2, -0.15) is 10.4 Å². The molecule has 3 rings (SSSR count). The van der Waals surface area contributed by atoms with Gasteiger partial charge in [0.2, 0.25) is 0 Å². The van der Waals surface area contributed by atoms with Crippen molar-refractivity contribution in [1.29, 1.82) is 5.26 Å². The highest BCUT2D eigenvalue weighted by Gasteiger charge is 2.21. The molecule has 17 heavy (non-hydrogen) atoms. The normalized spacial score (nSPS) is 13.2. The van der Waals surface area contributed by atoms with Crippen LogP contribution in [0.3, 0.4) is 0 Å². The van der Waals surface area contributed by atoms with Crippen LogP contribution in [0.4, 0.5) is 5.82 Å². The number of hydrogen-bond donors (Lipinski definition) is 0. The van der Waals surface area contributed by atoms with Crippen LogP contribution in [-0.2, 0) is 13.1 Å². The Hall–Kier alpha value is -2.41. The molecule has 0 fully saturated rings. The third-order valence-corrected chi connectivity index (χ3v) is 2.96. The van der Waals surface area contributed by atoms with Crippen LogP contribution in [0.2, 0.25) is 0 Å². The molecule has 2 aromatic rings. The van der Waals surface area contributed by atoms with Crippen LogP contribution >= 0.6 is 0 Å². The third-order valence-electron chi connectivity index (χ3n) is 2.96. The zero-order valence-electron chi connectivity index (χ0n) is 9.17. The molecular formula is C13H10N4. The van der Waals surface area contributed by atoms with E-state index in [4.69, 9.17) is 5.26 Å². The van der Waals surface area contributed by atoms with Crippen LogP contribution in [0.5, 0.6) is 0 Å². The topological polar surface area (TPSA) is 52.8 Å². The minimum Gasteiger partial charge on any atom is -0.345 e. The Bertz CT molecular complexity index is 575. The monoisotopic (exact) mass is 222 g/mol. The first kappa shape index (κ1) is 9.79. The third kappa shape index (κ3) is 1.62. The minimum atomic E-state index is 0.577. The molecule has 0 N–H and O–H groups in total. The predicted molar refractivity (Wildman–Crippen MR) is 63.1 cm³/mol. The lowest BCUT2D eigenvalue weighted by Gasteiger charge is -2.16. The molecule has 0 saturated carbocycles. The van der Waals surface area contributed by atoms with Crippen LogP contribution in [0.1, 0.15) is 16.7 Å². The average molecular weight is 222 g/mol. The van der Waals surface area contributed by atoms with E-state index in [1.807, 2.05) is 12.1 Å². The molecule has 0 spiro atoms. The van der Waals surface area contributed by atoms with Crippen LogP contribution in [0, 0.1) is 11.3 Å². The summed E-state index contributed by atoms with van der Waals surface area (Å²) in [7, 11) is 0. The molecule has 0 atom stereocenters. The van der Waals surface area contributed by atoms with E-state index in [0.29, 0.717) is 11.4 Å². The maximum absolute atomic E-state index is 9.05. The van der Waals surface area contributed by atoms with E-state index in [0.717, 1.165) is 13.1 Å². The second-order valence-corrected chi connectivity index (χ2v) is 4.01. The van der Waals surface area contributed by atoms with E-state index in [-0.39, 0.29) is 0 Å². The highest BCUT2D eigenvalue weighted by atomic mass is 15.3. The molecule has 0 saturated heterocycles. The van der Waals surface area contributed by atoms with Crippen molar-refractivity contribution in [3.63, 3.8) is 0 Å². The van der Waals surface area contributed by atoms with Gasteiger partial charge in [0.1, 0.15) is 6.07 Å². The summed E-state index contributed by atoms with van der Waals surface area (Å²) in [6, 6.07) is 12.1. The largest absolute Gasteiger partial charge is 0.345 e. The molecule has 0 amide bonds. The molecule has 4 nitrogen and oxygen atoms in total. The number of aromatic nitrogens is 2. The van der Waals surface area contributed by atoms with Crippen LogP contribution in [0.15, 0.2) is 36.5 Å². The van der Waals surface area contributed by atoms with Crippen molar-refractivity contribution >= 4 is 5.82 Å². The van der Waals surface area contributed by atoms with Crippen molar-refractivity contribution in [3.8, 4) is 6.07 Å². The van der Waals surface area contributed by atoms with Crippen molar-refractivity contribution in [2.24, 2.45) is 0 Å². The van der Waals surface area contributed by atoms with Crippen molar-refractivity contribution < 1.29 is 0 Å². The summed E-state index contributed by atoms with van der Waals surface area (Å²) in [5, 5.41) is 17.0. The maximum atomic E-state index is 9.05. The van der Waals surface area contributed by atoms with Gasteiger partial charge in [-0.1, -0.05) is 24.3 Å². The molecule has 4 heteroatoms. The Kier molecular flexibility index (Phi) is 2.23. The van der Waals surface area contributed by atoms with Gasteiger partial charge in [0.15, 0.2) is 5.82 Å². The fraction of sp³-hybridized carbons (Fsp3) is 0.154. The van der Waals surface area contributed by atoms with Gasteiger partial charge in [-0.3, -0.25) is 0 Å². The van der Waals surface area contributed by atoms with Crippen molar-refractivity contribution in [1.82, 2.24) is 10.2 Å². The van der Waals surface area contributed by atoms with Gasteiger partial charge >= 0.3 is 0 Å². The molecule has 2 heterocycles. The van der Waals surface area contributed by atoms with E-state index in [1.54, 1.807) is 12.3 Å². The summed E-state index contributed by atoms with van der Waals surface area (Å²) in [5.41, 5.74) is 3.16. The van der Waals surface area contributed by atoms with Gasteiger partial charge in [0.25, 0.3) is 0 Å². The van der Waals surface area contributed by atoms with Crippen LogP contribution in [0.25, 0.3) is 0 Å². The van der Waals surface area contributed by atoms with Gasteiger partial charge in [-0.25, -0.2) is 0 Å². The van der Waals surface area contributed by atoms with Crippen LogP contribution < -0.4 is 4.90 Å². The highest BCUT2D eigenvalue weighted by molar-refractivity contribution is 5.55. The first-order valence-corrected chi connectivity index (χ1v) is 5.42. The Morgan fingerprint density at radius 3 is 2.47 bits per heavy atom. The Morgan fingerprint density at radius 1 is 1.12 bits per heavy atom. The molecule has 1 aliphatic rings. The van der Waals surface area contributed by atoms with E-state index in [9.17, 15) is 0 Å². The number of anilines is 1. The quantitative estimate of drug-likeness (QED) is 0.739. The van der Waals surface area contributed by atoms with Crippen molar-refractivity contribution in [2.75, 3.05) is 4.90 Å². The molecule has 1 aliphatic heterocycles. The van der Waals surface area contributed by atoms with E-state index >= 15 is 0 Å². The first-order chi connectivity index (χ1) is 8.38. The molecule has 1 aromatic heterocycles. The van der Waals surface area contributed by atoms with Crippen molar-refractivity contribution in [2.45, 2.75) is 13.1 Å². The molecule has 82 valence electrons. The fourth-order valence-electron chi connectivity index (χ4n) is 2.13. The summed E-state index contributed by atoms with van der Waals surface area (Å²) in [5.74, 6) is 0.672. The summed E-state index contributed by atoms with van der Waals surface area (Å²) < 4.78 is 0. The lowest BCUT2D eigenvalue weighted by Crippen LogP contribution is -2.17. The maximum Gasteiger partial charge on any atom is 0.169 e. The van der Waals surface area contributed by atoms with Gasteiger partial charge in [0.05, 0.1) is 11.8 Å². The summed E-state index contributed by atoms with van der Waals surface area (Å²) in [6.45, 7) is 1.59. The smallest absolute Gasteiger partial charge is 0.169 e. The molecular weight excluding hydrogens is 212 g/mol. The molecule has 1 aromatic carbocycles. The van der Waals surface area contributed by atoms with E-state index < -0.39 is 0 Å². The average Bonchev–Trinajstić information content (AvgIpc) is 2.82. The number of rotatable bonds is 1. The molecule has 0 unspecified atom stereocenters. The minimum absolute atomic E-state index is 0.577. The Balaban J connectivity index is 1.97. The standard InChI is InChI=1S/C13H10N4/c14-7-10-5-6-15-16-13(10)17-8-11-3-1-2-4-12(11)9-17/h1-6H,8-9H2. The number of fused-ring (bicyclic) bond motifs is 1. The second-order valence-electron chi connectivity index (χ2n) is 4.01. The number of nitrogens with zero attached hydrogens (tertiary/aromatic N) is 4. The summed E-state index contributed by atoms with van der Waals surface area (Å²) in [4.78, 5) is 2.08. The van der Waals surface area contributed by atoms with Gasteiger partial charge < -0.3 is 4.90 Å². The number of benzene rings is 1. The lowest BCUT2D eigenvalue weighted by atomic mass is 10.1. The van der Waals surface area contributed by atoms with Gasteiger partial charge in [-0.15, -0.1) is 5.10 Å². The van der Waals surface area contributed by atoms with Gasteiger partial charge in [0, 0.05) is 13.1 Å². The molecule has 0 bridgehead atoms. The second kappa shape index (κ2) is 3.87. The number of hydrogen-bond acceptors (Lipinski definition) is 4. The predicted octanol–water partition coefficient (Wildman–Crippen LogP) is 1.87. The SMILES string of the molecule is N#Cc1ccnnc1N1Cc2ccccc2C1. The van der Waals surface area contributed by atoms with Gasteiger partial charge in [-0.05, 0) is 17.2 Å². The number of nitriles is 1. The summed E-state index contributed by atoms with van der Waals surface area (Å²) >= 11 is 0. The van der Waals surface area contributed by atoms with E-state index in [2.05, 4.69) is 33.3 Å². The molecule has 0 radical (unpaired) electrons. The molecule has 0 aliphatic carbocycles. The highest BCUT2D eigenvalue weighted by Crippen LogP contribution is 2.27. The fourth-order valence-corrected chi connectivity index (χ4v) is 2.13. The Morgan fingerprint density at radius 2 is 1.82 bits per heavy atom. The lowest BCUT2D eigenvalue weighted by molar-refractivity contribution is 0.828. The van der Waals surface area contributed by atoms with Crippen LogP contribution in [-0.4, -0.2) is 10.2 Å². The van der Waals surface area contributed by atoms with Crippen molar-refractivity contribution in [3.05, 3.63) is 53.2 Å². The zero-order valence-corrected chi connectivity index (χ0v) is 9.17. The van der Waals surface area contributed by atoms with E-state index in [1.165, 1.54) is 11.1 Å². The summed E-state index contributed by atoms with van der Waals surface area (Å²) in [6.07, 6.45) is 1.55. The zero-order chi connectivity index (χ0) is 11.7. The Labute approximate surface area is 99.1 Å². The first-order valence-electron chi connectivity index (χ1n) is 5.42.